The molecule has 188 valence electrons. The van der Waals surface area contributed by atoms with E-state index >= 15 is 0 Å². The van der Waals surface area contributed by atoms with Gasteiger partial charge in [-0.3, -0.25) is 19.4 Å². The van der Waals surface area contributed by atoms with Crippen molar-refractivity contribution in [3.05, 3.63) is 113 Å². The number of rotatable bonds is 12. The molecule has 1 aromatic heterocycles. The maximum atomic E-state index is 13.5. The van der Waals surface area contributed by atoms with Gasteiger partial charge in [-0.05, 0) is 48.4 Å². The molecule has 1 heterocycles. The third-order valence-corrected chi connectivity index (χ3v) is 6.64. The molecule has 0 spiro atoms. The van der Waals surface area contributed by atoms with Crippen LogP contribution in [0.2, 0.25) is 0 Å². The van der Waals surface area contributed by atoms with Gasteiger partial charge in [-0.15, -0.1) is 0 Å². The number of halogens is 1. The first-order chi connectivity index (χ1) is 17.9. The Morgan fingerprint density at radius 2 is 1.49 bits per heavy atom. The van der Waals surface area contributed by atoms with Gasteiger partial charge < -0.3 is 0 Å². The van der Waals surface area contributed by atoms with Crippen LogP contribution < -0.4 is 0 Å². The SMILES string of the molecule is CC(CCCC(=O)c1ccc(C(=O)c2ccccc2)cc1)CCC(=O)Cc1cc2cc(F)ccc2cn1. The van der Waals surface area contributed by atoms with Crippen molar-refractivity contribution in [2.24, 2.45) is 5.92 Å². The Bertz CT molecular complexity index is 1400. The maximum absolute atomic E-state index is 13.5. The van der Waals surface area contributed by atoms with Gasteiger partial charge in [0, 0.05) is 53.2 Å². The highest BCUT2D eigenvalue weighted by atomic mass is 19.1. The summed E-state index contributed by atoms with van der Waals surface area (Å²) in [5.41, 5.74) is 2.44. The Morgan fingerprint density at radius 3 is 2.24 bits per heavy atom. The molecule has 0 aliphatic rings. The van der Waals surface area contributed by atoms with Crippen molar-refractivity contribution in [1.82, 2.24) is 4.98 Å². The predicted molar refractivity (Wildman–Crippen MR) is 143 cm³/mol. The molecule has 0 saturated carbocycles. The lowest BCUT2D eigenvalue weighted by molar-refractivity contribution is -0.118. The zero-order valence-electron chi connectivity index (χ0n) is 21.0. The van der Waals surface area contributed by atoms with Crippen molar-refractivity contribution in [3.63, 3.8) is 0 Å². The number of pyridine rings is 1. The Labute approximate surface area is 216 Å². The van der Waals surface area contributed by atoms with Gasteiger partial charge in [0.1, 0.15) is 11.6 Å². The zero-order valence-corrected chi connectivity index (χ0v) is 21.0. The molecule has 4 aromatic rings. The van der Waals surface area contributed by atoms with E-state index in [1.807, 2.05) is 18.2 Å². The summed E-state index contributed by atoms with van der Waals surface area (Å²) in [6, 6.07) is 22.2. The van der Waals surface area contributed by atoms with E-state index in [1.165, 1.54) is 12.1 Å². The molecule has 3 aromatic carbocycles. The number of ketones is 3. The number of Topliss-reactive ketones (excluding diaryl/α,β-unsaturated/α-hetero) is 2. The third-order valence-electron chi connectivity index (χ3n) is 6.64. The fourth-order valence-electron chi connectivity index (χ4n) is 4.42. The van der Waals surface area contributed by atoms with Crippen molar-refractivity contribution in [1.29, 1.82) is 0 Å². The van der Waals surface area contributed by atoms with Crippen molar-refractivity contribution >= 4 is 28.1 Å². The third kappa shape index (κ3) is 7.26. The lowest BCUT2D eigenvalue weighted by atomic mass is 9.94. The van der Waals surface area contributed by atoms with Crippen LogP contribution in [0.15, 0.2) is 85.1 Å². The normalized spacial score (nSPS) is 11.8. The fourth-order valence-corrected chi connectivity index (χ4v) is 4.42. The number of hydrogen-bond donors (Lipinski definition) is 0. The lowest BCUT2D eigenvalue weighted by Gasteiger charge is -2.11. The molecule has 0 radical (unpaired) electrons. The Kier molecular flexibility index (Phi) is 8.68. The first-order valence-corrected chi connectivity index (χ1v) is 12.7. The van der Waals surface area contributed by atoms with Crippen LogP contribution in [0.4, 0.5) is 4.39 Å². The summed E-state index contributed by atoms with van der Waals surface area (Å²) in [4.78, 5) is 41.9. The number of benzene rings is 3. The Balaban J connectivity index is 1.18. The van der Waals surface area contributed by atoms with E-state index in [9.17, 15) is 18.8 Å². The summed E-state index contributed by atoms with van der Waals surface area (Å²) in [6.07, 6.45) is 5.15. The number of carbonyl (C=O) groups excluding carboxylic acids is 3. The molecule has 1 unspecified atom stereocenters. The van der Waals surface area contributed by atoms with Crippen LogP contribution in [-0.4, -0.2) is 22.3 Å². The van der Waals surface area contributed by atoms with Gasteiger partial charge in [0.05, 0.1) is 0 Å². The molecule has 5 heteroatoms. The molecular formula is C32H30FNO3. The highest BCUT2D eigenvalue weighted by molar-refractivity contribution is 6.09. The Hall–Kier alpha value is -3.99. The van der Waals surface area contributed by atoms with Crippen molar-refractivity contribution in [2.45, 2.75) is 45.4 Å². The maximum Gasteiger partial charge on any atom is 0.193 e. The van der Waals surface area contributed by atoms with E-state index in [1.54, 1.807) is 54.7 Å². The average molecular weight is 496 g/mol. The van der Waals surface area contributed by atoms with Gasteiger partial charge >= 0.3 is 0 Å². The number of aromatic nitrogens is 1. The molecule has 37 heavy (non-hydrogen) atoms. The summed E-state index contributed by atoms with van der Waals surface area (Å²) in [7, 11) is 0. The van der Waals surface area contributed by atoms with E-state index in [2.05, 4.69) is 11.9 Å². The minimum atomic E-state index is -0.307. The standard InChI is InChI=1S/C32H30FNO3/c1-22(10-17-30(35)20-29-19-27-18-28(33)16-15-26(27)21-34-29)6-5-9-31(36)23-11-13-25(14-12-23)32(37)24-7-3-2-4-8-24/h2-4,7-8,11-16,18-19,21-22H,5-6,9-10,17,20H2,1H3. The molecule has 1 atom stereocenters. The zero-order chi connectivity index (χ0) is 26.2. The summed E-state index contributed by atoms with van der Waals surface area (Å²) in [5.74, 6) is 0.116. The fraction of sp³-hybridized carbons (Fsp3) is 0.250. The van der Waals surface area contributed by atoms with Crippen LogP contribution in [0.25, 0.3) is 10.8 Å². The quantitative estimate of drug-likeness (QED) is 0.195. The molecular weight excluding hydrogens is 465 g/mol. The van der Waals surface area contributed by atoms with Gasteiger partial charge in [-0.2, -0.15) is 0 Å². The van der Waals surface area contributed by atoms with Gasteiger partial charge in [-0.1, -0.05) is 67.9 Å². The van der Waals surface area contributed by atoms with Crippen LogP contribution in [0.3, 0.4) is 0 Å². The topological polar surface area (TPSA) is 64.1 Å². The monoisotopic (exact) mass is 495 g/mol. The van der Waals surface area contributed by atoms with E-state index in [0.717, 1.165) is 30.0 Å². The smallest absolute Gasteiger partial charge is 0.193 e. The van der Waals surface area contributed by atoms with Crippen LogP contribution in [0.1, 0.15) is 71.0 Å². The molecule has 0 aliphatic carbocycles. The minimum absolute atomic E-state index is 0.0563. The highest BCUT2D eigenvalue weighted by Gasteiger charge is 2.13. The summed E-state index contributed by atoms with van der Waals surface area (Å²) in [6.45, 7) is 2.10. The van der Waals surface area contributed by atoms with Crippen LogP contribution in [0, 0.1) is 11.7 Å². The molecule has 0 fully saturated rings. The van der Waals surface area contributed by atoms with Gasteiger partial charge in [0.25, 0.3) is 0 Å². The number of fused-ring (bicyclic) bond motifs is 1. The summed E-state index contributed by atoms with van der Waals surface area (Å²) in [5, 5.41) is 1.59. The van der Waals surface area contributed by atoms with Crippen LogP contribution in [0.5, 0.6) is 0 Å². The molecule has 0 bridgehead atoms. The van der Waals surface area contributed by atoms with E-state index in [-0.39, 0.29) is 29.6 Å². The van der Waals surface area contributed by atoms with Gasteiger partial charge in [0.2, 0.25) is 0 Å². The van der Waals surface area contributed by atoms with E-state index < -0.39 is 0 Å². The first-order valence-electron chi connectivity index (χ1n) is 12.7. The second-order valence-corrected chi connectivity index (χ2v) is 9.61. The second kappa shape index (κ2) is 12.3. The Morgan fingerprint density at radius 1 is 0.784 bits per heavy atom. The van der Waals surface area contributed by atoms with E-state index in [0.29, 0.717) is 41.1 Å². The second-order valence-electron chi connectivity index (χ2n) is 9.61. The number of carbonyl (C=O) groups is 3. The highest BCUT2D eigenvalue weighted by Crippen LogP contribution is 2.19. The average Bonchev–Trinajstić information content (AvgIpc) is 2.92. The molecule has 0 saturated heterocycles. The van der Waals surface area contributed by atoms with Crippen LogP contribution in [-0.2, 0) is 11.2 Å². The lowest BCUT2D eigenvalue weighted by Crippen LogP contribution is -2.07. The largest absolute Gasteiger partial charge is 0.299 e. The van der Waals surface area contributed by atoms with Gasteiger partial charge in [-0.25, -0.2) is 4.39 Å². The number of nitrogens with zero attached hydrogens (tertiary/aromatic N) is 1. The molecule has 0 N–H and O–H groups in total. The molecule has 0 amide bonds. The predicted octanol–water partition coefficient (Wildman–Crippen LogP) is 7.19. The number of hydrogen-bond acceptors (Lipinski definition) is 4. The molecule has 4 rings (SSSR count). The molecule has 0 aliphatic heterocycles. The van der Waals surface area contributed by atoms with Crippen molar-refractivity contribution < 1.29 is 18.8 Å². The van der Waals surface area contributed by atoms with E-state index in [4.69, 9.17) is 0 Å². The van der Waals surface area contributed by atoms with Crippen molar-refractivity contribution in [3.8, 4) is 0 Å². The minimum Gasteiger partial charge on any atom is -0.299 e. The summed E-state index contributed by atoms with van der Waals surface area (Å²) < 4.78 is 13.5. The van der Waals surface area contributed by atoms with Crippen LogP contribution >= 0.6 is 0 Å². The van der Waals surface area contributed by atoms with Crippen molar-refractivity contribution in [2.75, 3.05) is 0 Å². The summed E-state index contributed by atoms with van der Waals surface area (Å²) >= 11 is 0. The van der Waals surface area contributed by atoms with Gasteiger partial charge in [0.15, 0.2) is 11.6 Å². The first kappa shape index (κ1) is 26.1. The molecule has 4 nitrogen and oxygen atoms in total.